The van der Waals surface area contributed by atoms with Crippen LogP contribution in [0.1, 0.15) is 23.1 Å². The smallest absolute Gasteiger partial charge is 0.0300 e. The second kappa shape index (κ2) is 6.31. The van der Waals surface area contributed by atoms with Crippen molar-refractivity contribution in [3.63, 3.8) is 0 Å². The normalized spacial score (nSPS) is 12.3. The molecule has 0 bridgehead atoms. The van der Waals surface area contributed by atoms with E-state index in [0.29, 0.717) is 0 Å². The van der Waals surface area contributed by atoms with Gasteiger partial charge in [0.1, 0.15) is 0 Å². The molecule has 0 amide bonds. The highest BCUT2D eigenvalue weighted by Gasteiger charge is 2.04. The van der Waals surface area contributed by atoms with Gasteiger partial charge in [-0.05, 0) is 43.4 Å². The summed E-state index contributed by atoms with van der Waals surface area (Å²) in [6.07, 6.45) is 6.65. The third kappa shape index (κ3) is 3.97. The van der Waals surface area contributed by atoms with E-state index in [0.717, 1.165) is 19.3 Å². The molecule has 2 N–H and O–H groups in total. The van der Waals surface area contributed by atoms with E-state index in [1.54, 1.807) is 6.20 Å². The van der Waals surface area contributed by atoms with Crippen LogP contribution < -0.4 is 5.73 Å². The number of aryl methyl sites for hydroxylation is 2. The van der Waals surface area contributed by atoms with E-state index in [4.69, 9.17) is 5.73 Å². The predicted octanol–water partition coefficient (Wildman–Crippen LogP) is 2.89. The van der Waals surface area contributed by atoms with E-state index >= 15 is 0 Å². The van der Waals surface area contributed by atoms with Gasteiger partial charge < -0.3 is 5.73 Å². The lowest BCUT2D eigenvalue weighted by Gasteiger charge is -2.11. The third-order valence-electron chi connectivity index (χ3n) is 3.15. The molecule has 0 aliphatic heterocycles. The van der Waals surface area contributed by atoms with Gasteiger partial charge in [0.2, 0.25) is 0 Å². The van der Waals surface area contributed by atoms with E-state index in [9.17, 15) is 0 Å². The Labute approximate surface area is 109 Å². The molecule has 18 heavy (non-hydrogen) atoms. The van der Waals surface area contributed by atoms with Crippen LogP contribution in [0, 0.1) is 6.92 Å². The average Bonchev–Trinajstić information content (AvgIpc) is 2.39. The summed E-state index contributed by atoms with van der Waals surface area (Å²) < 4.78 is 0. The maximum absolute atomic E-state index is 6.16. The summed E-state index contributed by atoms with van der Waals surface area (Å²) in [5, 5.41) is 0. The molecule has 2 heteroatoms. The highest BCUT2D eigenvalue weighted by atomic mass is 14.6. The topological polar surface area (TPSA) is 38.9 Å². The SMILES string of the molecule is Cc1ccc(CCC(N)Cc2cccnc2)cc1. The summed E-state index contributed by atoms with van der Waals surface area (Å²) in [5.74, 6) is 0. The summed E-state index contributed by atoms with van der Waals surface area (Å²) in [6, 6.07) is 12.9. The zero-order valence-corrected chi connectivity index (χ0v) is 10.8. The Balaban J connectivity index is 1.81. The molecule has 94 valence electrons. The van der Waals surface area contributed by atoms with Gasteiger partial charge in [-0.25, -0.2) is 0 Å². The molecule has 1 atom stereocenters. The van der Waals surface area contributed by atoms with Crippen molar-refractivity contribution < 1.29 is 0 Å². The van der Waals surface area contributed by atoms with Crippen LogP contribution in [0.4, 0.5) is 0 Å². The number of hydrogen-bond acceptors (Lipinski definition) is 2. The zero-order valence-electron chi connectivity index (χ0n) is 10.8. The molecule has 0 fully saturated rings. The number of nitrogens with zero attached hydrogens (tertiary/aromatic N) is 1. The van der Waals surface area contributed by atoms with Crippen LogP contribution >= 0.6 is 0 Å². The molecule has 0 saturated heterocycles. The minimum Gasteiger partial charge on any atom is -0.327 e. The minimum atomic E-state index is 0.204. The quantitative estimate of drug-likeness (QED) is 0.872. The molecular formula is C16H20N2. The van der Waals surface area contributed by atoms with Crippen LogP contribution in [0.25, 0.3) is 0 Å². The van der Waals surface area contributed by atoms with Crippen molar-refractivity contribution in [3.8, 4) is 0 Å². The summed E-state index contributed by atoms with van der Waals surface area (Å²) in [5.41, 5.74) is 10.0. The molecule has 2 aromatic rings. The van der Waals surface area contributed by atoms with Gasteiger partial charge in [0.25, 0.3) is 0 Å². The molecule has 1 aromatic carbocycles. The van der Waals surface area contributed by atoms with Gasteiger partial charge in [0.15, 0.2) is 0 Å². The average molecular weight is 240 g/mol. The van der Waals surface area contributed by atoms with Gasteiger partial charge in [-0.3, -0.25) is 4.98 Å². The molecule has 1 aromatic heterocycles. The van der Waals surface area contributed by atoms with Crippen molar-refractivity contribution in [1.29, 1.82) is 0 Å². The number of benzene rings is 1. The molecule has 0 saturated carbocycles. The maximum Gasteiger partial charge on any atom is 0.0300 e. The first-order valence-electron chi connectivity index (χ1n) is 6.44. The van der Waals surface area contributed by atoms with Crippen molar-refractivity contribution in [2.75, 3.05) is 0 Å². The van der Waals surface area contributed by atoms with Crippen molar-refractivity contribution in [2.24, 2.45) is 5.73 Å². The van der Waals surface area contributed by atoms with Crippen LogP contribution in [-0.2, 0) is 12.8 Å². The highest BCUT2D eigenvalue weighted by molar-refractivity contribution is 5.21. The molecule has 1 heterocycles. The summed E-state index contributed by atoms with van der Waals surface area (Å²) in [7, 11) is 0. The van der Waals surface area contributed by atoms with Crippen molar-refractivity contribution in [2.45, 2.75) is 32.2 Å². The van der Waals surface area contributed by atoms with E-state index in [1.165, 1.54) is 16.7 Å². The second-order valence-electron chi connectivity index (χ2n) is 4.85. The van der Waals surface area contributed by atoms with Crippen LogP contribution in [-0.4, -0.2) is 11.0 Å². The van der Waals surface area contributed by atoms with Crippen molar-refractivity contribution >= 4 is 0 Å². The van der Waals surface area contributed by atoms with E-state index in [2.05, 4.69) is 42.2 Å². The van der Waals surface area contributed by atoms with Crippen LogP contribution in [0.5, 0.6) is 0 Å². The number of aromatic nitrogens is 1. The van der Waals surface area contributed by atoms with E-state index < -0.39 is 0 Å². The lowest BCUT2D eigenvalue weighted by atomic mass is 10.0. The summed E-state index contributed by atoms with van der Waals surface area (Å²) in [4.78, 5) is 4.11. The Morgan fingerprint density at radius 3 is 2.56 bits per heavy atom. The van der Waals surface area contributed by atoms with Crippen LogP contribution in [0.2, 0.25) is 0 Å². The standard InChI is InChI=1S/C16H20N2/c1-13-4-6-14(7-5-13)8-9-16(17)11-15-3-2-10-18-12-15/h2-7,10,12,16H,8-9,11,17H2,1H3. The molecular weight excluding hydrogens is 220 g/mol. The first-order valence-corrected chi connectivity index (χ1v) is 6.44. The van der Waals surface area contributed by atoms with Crippen molar-refractivity contribution in [3.05, 3.63) is 65.5 Å². The van der Waals surface area contributed by atoms with Gasteiger partial charge in [-0.1, -0.05) is 35.9 Å². The van der Waals surface area contributed by atoms with Gasteiger partial charge in [-0.15, -0.1) is 0 Å². The van der Waals surface area contributed by atoms with Gasteiger partial charge in [-0.2, -0.15) is 0 Å². The fourth-order valence-corrected chi connectivity index (χ4v) is 2.03. The lowest BCUT2D eigenvalue weighted by Crippen LogP contribution is -2.23. The molecule has 0 radical (unpaired) electrons. The number of hydrogen-bond donors (Lipinski definition) is 1. The number of nitrogens with two attached hydrogens (primary N) is 1. The van der Waals surface area contributed by atoms with E-state index in [-0.39, 0.29) is 6.04 Å². The molecule has 0 aliphatic carbocycles. The first kappa shape index (κ1) is 12.8. The fraction of sp³-hybridized carbons (Fsp3) is 0.312. The lowest BCUT2D eigenvalue weighted by molar-refractivity contribution is 0.609. The Morgan fingerprint density at radius 1 is 1.11 bits per heavy atom. The number of pyridine rings is 1. The monoisotopic (exact) mass is 240 g/mol. The molecule has 2 rings (SSSR count). The Bertz CT molecular complexity index is 462. The predicted molar refractivity (Wildman–Crippen MR) is 75.4 cm³/mol. The number of rotatable bonds is 5. The third-order valence-corrected chi connectivity index (χ3v) is 3.15. The Kier molecular flexibility index (Phi) is 4.48. The fourth-order valence-electron chi connectivity index (χ4n) is 2.03. The molecule has 0 aliphatic rings. The largest absolute Gasteiger partial charge is 0.327 e. The zero-order chi connectivity index (χ0) is 12.8. The van der Waals surface area contributed by atoms with E-state index in [1.807, 2.05) is 12.3 Å². The van der Waals surface area contributed by atoms with Gasteiger partial charge in [0, 0.05) is 18.4 Å². The van der Waals surface area contributed by atoms with Crippen LogP contribution in [0.15, 0.2) is 48.8 Å². The minimum absolute atomic E-state index is 0.204. The Hall–Kier alpha value is -1.67. The molecule has 2 nitrogen and oxygen atoms in total. The first-order chi connectivity index (χ1) is 8.74. The Morgan fingerprint density at radius 2 is 1.89 bits per heavy atom. The highest BCUT2D eigenvalue weighted by Crippen LogP contribution is 2.09. The van der Waals surface area contributed by atoms with Crippen molar-refractivity contribution in [1.82, 2.24) is 4.98 Å². The second-order valence-corrected chi connectivity index (χ2v) is 4.85. The summed E-state index contributed by atoms with van der Waals surface area (Å²) in [6.45, 7) is 2.11. The summed E-state index contributed by atoms with van der Waals surface area (Å²) >= 11 is 0. The van der Waals surface area contributed by atoms with Crippen LogP contribution in [0.3, 0.4) is 0 Å². The molecule has 1 unspecified atom stereocenters. The maximum atomic E-state index is 6.16. The van der Waals surface area contributed by atoms with Gasteiger partial charge >= 0.3 is 0 Å². The molecule has 0 spiro atoms. The van der Waals surface area contributed by atoms with Gasteiger partial charge in [0.05, 0.1) is 0 Å².